The first-order valence-electron chi connectivity index (χ1n) is 10.6. The number of benzene rings is 2. The summed E-state index contributed by atoms with van der Waals surface area (Å²) in [5, 5.41) is 10.1. The van der Waals surface area contributed by atoms with Crippen LogP contribution in [0.25, 0.3) is 11.1 Å². The molecule has 2 aromatic carbocycles. The van der Waals surface area contributed by atoms with E-state index in [-0.39, 0.29) is 5.56 Å². The van der Waals surface area contributed by atoms with E-state index in [4.69, 9.17) is 34.0 Å². The first kappa shape index (κ1) is 23.9. The number of carboxylic acids is 1. The first-order chi connectivity index (χ1) is 15.3. The Labute approximate surface area is 198 Å². The molecule has 1 saturated heterocycles. The highest BCUT2D eigenvalue weighted by molar-refractivity contribution is 6.36. The van der Waals surface area contributed by atoms with E-state index in [0.717, 1.165) is 41.3 Å². The number of rotatable bonds is 3. The minimum atomic E-state index is -0.957. The maximum absolute atomic E-state index is 11.0. The molecule has 0 unspecified atom stereocenters. The van der Waals surface area contributed by atoms with Crippen LogP contribution >= 0.6 is 23.2 Å². The Balaban J connectivity index is 0.000000186. The molecule has 168 valence electrons. The van der Waals surface area contributed by atoms with Gasteiger partial charge < -0.3 is 15.7 Å². The van der Waals surface area contributed by atoms with Crippen molar-refractivity contribution < 1.29 is 9.90 Å². The number of aryl methyl sites for hydroxylation is 1. The Bertz CT molecular complexity index is 1060. The third-order valence-electron chi connectivity index (χ3n) is 5.41. The lowest BCUT2D eigenvalue weighted by molar-refractivity contribution is 0.0697. The molecular formula is C25H27Cl2N3O2. The highest BCUT2D eigenvalue weighted by Gasteiger charge is 2.11. The van der Waals surface area contributed by atoms with Gasteiger partial charge in [0.25, 0.3) is 0 Å². The van der Waals surface area contributed by atoms with E-state index in [1.165, 1.54) is 25.7 Å². The van der Waals surface area contributed by atoms with Crippen molar-refractivity contribution >= 4 is 40.7 Å². The Morgan fingerprint density at radius 1 is 0.969 bits per heavy atom. The molecule has 5 nitrogen and oxygen atoms in total. The van der Waals surface area contributed by atoms with Gasteiger partial charge in [-0.15, -0.1) is 0 Å². The highest BCUT2D eigenvalue weighted by Crippen LogP contribution is 2.33. The number of nitrogen functional groups attached to an aromatic ring is 1. The van der Waals surface area contributed by atoms with Crippen molar-refractivity contribution in [1.29, 1.82) is 0 Å². The lowest BCUT2D eigenvalue weighted by Gasteiger charge is -2.21. The van der Waals surface area contributed by atoms with Gasteiger partial charge in [-0.2, -0.15) is 0 Å². The lowest BCUT2D eigenvalue weighted by atomic mass is 9.98. The number of aromatic nitrogens is 1. The van der Waals surface area contributed by atoms with E-state index >= 15 is 0 Å². The summed E-state index contributed by atoms with van der Waals surface area (Å²) in [7, 11) is 0. The van der Waals surface area contributed by atoms with Gasteiger partial charge in [0.2, 0.25) is 0 Å². The van der Waals surface area contributed by atoms with Gasteiger partial charge in [0.15, 0.2) is 0 Å². The number of pyridine rings is 1. The summed E-state index contributed by atoms with van der Waals surface area (Å²) in [4.78, 5) is 17.7. The number of nitrogens with two attached hydrogens (primary N) is 1. The minimum absolute atomic E-state index is 0.238. The number of hydrogen-bond acceptors (Lipinski definition) is 4. The van der Waals surface area contributed by atoms with Gasteiger partial charge in [-0.05, 0) is 67.3 Å². The molecule has 1 aromatic heterocycles. The number of carboxylic acid groups (broad SMARTS) is 1. The van der Waals surface area contributed by atoms with Crippen LogP contribution in [0.4, 0.5) is 11.5 Å². The molecule has 0 saturated carbocycles. The average Bonchev–Trinajstić information content (AvgIpc) is 3.05. The molecule has 7 heteroatoms. The van der Waals surface area contributed by atoms with E-state index in [2.05, 4.69) is 9.88 Å². The summed E-state index contributed by atoms with van der Waals surface area (Å²) in [6, 6.07) is 14.1. The van der Waals surface area contributed by atoms with Gasteiger partial charge in [-0.25, -0.2) is 9.78 Å². The van der Waals surface area contributed by atoms with E-state index in [0.29, 0.717) is 10.0 Å². The van der Waals surface area contributed by atoms with Gasteiger partial charge >= 0.3 is 5.97 Å². The fourth-order valence-electron chi connectivity index (χ4n) is 3.64. The summed E-state index contributed by atoms with van der Waals surface area (Å²) in [6.45, 7) is 4.18. The fourth-order valence-corrected chi connectivity index (χ4v) is 4.15. The molecule has 0 aliphatic carbocycles. The fraction of sp³-hybridized carbons (Fsp3) is 0.280. The first-order valence-corrected chi connectivity index (χ1v) is 11.4. The van der Waals surface area contributed by atoms with Crippen molar-refractivity contribution in [3.8, 4) is 11.1 Å². The zero-order chi connectivity index (χ0) is 23.1. The summed E-state index contributed by atoms with van der Waals surface area (Å²) in [5.41, 5.74) is 9.13. The number of carbonyl (C=O) groups is 1. The summed E-state index contributed by atoms with van der Waals surface area (Å²) in [5.74, 6) is 0.113. The number of halogens is 2. The van der Waals surface area contributed by atoms with Crippen molar-refractivity contribution in [2.45, 2.75) is 32.6 Å². The van der Waals surface area contributed by atoms with E-state index in [1.54, 1.807) is 42.6 Å². The zero-order valence-electron chi connectivity index (χ0n) is 18.0. The second-order valence-corrected chi connectivity index (χ2v) is 8.65. The molecule has 4 rings (SSSR count). The largest absolute Gasteiger partial charge is 0.478 e. The molecule has 0 radical (unpaired) electrons. The van der Waals surface area contributed by atoms with Crippen LogP contribution in [0.1, 0.15) is 41.6 Å². The topological polar surface area (TPSA) is 79.4 Å². The SMILES string of the molecule is Cc1ccc(C(=O)O)cc1-c1ccc(Cl)cc1Cl.Nc1ccc(N2CCCCCC2)nc1. The van der Waals surface area contributed by atoms with Crippen molar-refractivity contribution in [2.24, 2.45) is 0 Å². The van der Waals surface area contributed by atoms with Crippen LogP contribution in [-0.4, -0.2) is 29.1 Å². The molecule has 1 fully saturated rings. The molecular weight excluding hydrogens is 445 g/mol. The molecule has 3 aromatic rings. The predicted octanol–water partition coefficient (Wildman–Crippen LogP) is 6.71. The van der Waals surface area contributed by atoms with Gasteiger partial charge in [0.1, 0.15) is 5.82 Å². The minimum Gasteiger partial charge on any atom is -0.478 e. The lowest BCUT2D eigenvalue weighted by Crippen LogP contribution is -2.24. The average molecular weight is 472 g/mol. The van der Waals surface area contributed by atoms with Crippen LogP contribution in [0.3, 0.4) is 0 Å². The number of anilines is 2. The number of hydrogen-bond donors (Lipinski definition) is 2. The number of nitrogens with zero attached hydrogens (tertiary/aromatic N) is 2. The van der Waals surface area contributed by atoms with E-state index < -0.39 is 5.97 Å². The van der Waals surface area contributed by atoms with Crippen molar-refractivity contribution in [3.05, 3.63) is 75.9 Å². The van der Waals surface area contributed by atoms with Crippen LogP contribution in [0, 0.1) is 6.92 Å². The molecule has 2 heterocycles. The van der Waals surface area contributed by atoms with E-state index in [9.17, 15) is 4.79 Å². The van der Waals surface area contributed by atoms with Crippen LogP contribution in [0.15, 0.2) is 54.7 Å². The van der Waals surface area contributed by atoms with Gasteiger partial charge in [-0.3, -0.25) is 0 Å². The number of aromatic carboxylic acids is 1. The molecule has 1 aliphatic heterocycles. The Hall–Kier alpha value is -2.76. The third kappa shape index (κ3) is 6.38. The molecule has 0 bridgehead atoms. The normalized spacial score (nSPS) is 13.7. The monoisotopic (exact) mass is 471 g/mol. The van der Waals surface area contributed by atoms with Crippen molar-refractivity contribution in [3.63, 3.8) is 0 Å². The van der Waals surface area contributed by atoms with Gasteiger partial charge in [0, 0.05) is 28.7 Å². The summed E-state index contributed by atoms with van der Waals surface area (Å²) >= 11 is 12.0. The summed E-state index contributed by atoms with van der Waals surface area (Å²) < 4.78 is 0. The van der Waals surface area contributed by atoms with Crippen molar-refractivity contribution in [2.75, 3.05) is 23.7 Å². The van der Waals surface area contributed by atoms with Crippen LogP contribution < -0.4 is 10.6 Å². The molecule has 0 spiro atoms. The molecule has 3 N–H and O–H groups in total. The predicted molar refractivity (Wildman–Crippen MR) is 133 cm³/mol. The molecule has 1 aliphatic rings. The maximum atomic E-state index is 11.0. The third-order valence-corrected chi connectivity index (χ3v) is 5.95. The Kier molecular flexibility index (Phi) is 8.37. The highest BCUT2D eigenvalue weighted by atomic mass is 35.5. The Morgan fingerprint density at radius 2 is 1.69 bits per heavy atom. The smallest absolute Gasteiger partial charge is 0.335 e. The maximum Gasteiger partial charge on any atom is 0.335 e. The second kappa shape index (κ2) is 11.2. The molecule has 32 heavy (non-hydrogen) atoms. The van der Waals surface area contributed by atoms with E-state index in [1.807, 2.05) is 19.1 Å². The molecule has 0 atom stereocenters. The van der Waals surface area contributed by atoms with Crippen LogP contribution in [-0.2, 0) is 0 Å². The van der Waals surface area contributed by atoms with Gasteiger partial charge in [0.05, 0.1) is 17.4 Å². The van der Waals surface area contributed by atoms with Gasteiger partial charge in [-0.1, -0.05) is 48.2 Å². The van der Waals surface area contributed by atoms with Crippen molar-refractivity contribution in [1.82, 2.24) is 4.98 Å². The zero-order valence-corrected chi connectivity index (χ0v) is 19.5. The van der Waals surface area contributed by atoms with Crippen LogP contribution in [0.5, 0.6) is 0 Å². The molecule has 0 amide bonds. The standard InChI is InChI=1S/C14H10Cl2O2.C11H17N3/c1-8-2-3-9(14(17)18)6-12(8)11-5-4-10(15)7-13(11)16;12-10-5-6-11(13-9-10)14-7-3-1-2-4-8-14/h2-7H,1H3,(H,17,18);5-6,9H,1-4,7-8,12H2. The summed E-state index contributed by atoms with van der Waals surface area (Å²) in [6.07, 6.45) is 7.01. The second-order valence-electron chi connectivity index (χ2n) is 7.81. The quantitative estimate of drug-likeness (QED) is 0.443. The van der Waals surface area contributed by atoms with Crippen LogP contribution in [0.2, 0.25) is 10.0 Å². The Morgan fingerprint density at radius 3 is 2.28 bits per heavy atom.